The van der Waals surface area contributed by atoms with E-state index in [0.717, 1.165) is 11.3 Å². The van der Waals surface area contributed by atoms with E-state index >= 15 is 0 Å². The molecule has 2 aromatic rings. The molecule has 1 N–H and O–H groups in total. The molecule has 0 unspecified atom stereocenters. The van der Waals surface area contributed by atoms with E-state index in [2.05, 4.69) is 10.2 Å². The van der Waals surface area contributed by atoms with Gasteiger partial charge in [0, 0.05) is 55.5 Å². The molecule has 2 amide bonds. The van der Waals surface area contributed by atoms with Crippen LogP contribution in [0.3, 0.4) is 0 Å². The molecule has 3 aliphatic heterocycles. The second-order valence-electron chi connectivity index (χ2n) is 8.93. The topological polar surface area (TPSA) is 90.0 Å². The van der Waals surface area contributed by atoms with Crippen LogP contribution in [0.15, 0.2) is 47.4 Å². The number of aryl methyl sites for hydroxylation is 1. The van der Waals surface area contributed by atoms with Crippen molar-refractivity contribution in [2.75, 3.05) is 42.9 Å². The molecule has 3 heterocycles. The van der Waals surface area contributed by atoms with Crippen molar-refractivity contribution in [2.45, 2.75) is 36.6 Å². The minimum atomic E-state index is -3.83. The second kappa shape index (κ2) is 9.20. The van der Waals surface area contributed by atoms with Gasteiger partial charge in [-0.1, -0.05) is 11.6 Å². The zero-order valence-corrected chi connectivity index (χ0v) is 20.3. The van der Waals surface area contributed by atoms with Gasteiger partial charge < -0.3 is 15.1 Å². The molecule has 2 fully saturated rings. The number of nitrogens with zero attached hydrogens (tertiary/aromatic N) is 3. The van der Waals surface area contributed by atoms with Crippen LogP contribution >= 0.6 is 11.6 Å². The van der Waals surface area contributed by atoms with Gasteiger partial charge >= 0.3 is 0 Å². The van der Waals surface area contributed by atoms with Crippen molar-refractivity contribution in [3.63, 3.8) is 0 Å². The van der Waals surface area contributed by atoms with Crippen molar-refractivity contribution in [1.29, 1.82) is 0 Å². The lowest BCUT2D eigenvalue weighted by atomic mass is 10.0. The molecule has 1 atom stereocenters. The molecule has 0 bridgehead atoms. The minimum absolute atomic E-state index is 0.0653. The molecule has 180 valence electrons. The summed E-state index contributed by atoms with van der Waals surface area (Å²) < 4.78 is 28.4. The molecule has 5 rings (SSSR count). The van der Waals surface area contributed by atoms with E-state index < -0.39 is 16.1 Å². The number of fused-ring (bicyclic) bond motifs is 1. The largest absolute Gasteiger partial charge is 0.368 e. The predicted molar refractivity (Wildman–Crippen MR) is 131 cm³/mol. The first kappa shape index (κ1) is 23.1. The van der Waals surface area contributed by atoms with Crippen LogP contribution in [0.5, 0.6) is 0 Å². The van der Waals surface area contributed by atoms with E-state index in [1.165, 1.54) is 10.4 Å². The van der Waals surface area contributed by atoms with Crippen molar-refractivity contribution in [1.82, 2.24) is 9.21 Å². The summed E-state index contributed by atoms with van der Waals surface area (Å²) in [6, 6.07) is 11.8. The quantitative estimate of drug-likeness (QED) is 0.694. The van der Waals surface area contributed by atoms with Crippen LogP contribution < -0.4 is 10.2 Å². The summed E-state index contributed by atoms with van der Waals surface area (Å²) in [6.07, 6.45) is 2.02. The Morgan fingerprint density at radius 1 is 0.971 bits per heavy atom. The Bertz CT molecular complexity index is 1210. The maximum absolute atomic E-state index is 13.5. The molecule has 0 radical (unpaired) electrons. The smallest absolute Gasteiger partial charge is 0.243 e. The summed E-state index contributed by atoms with van der Waals surface area (Å²) >= 11 is 5.98. The highest BCUT2D eigenvalue weighted by Crippen LogP contribution is 2.31. The third-order valence-electron chi connectivity index (χ3n) is 6.85. The van der Waals surface area contributed by atoms with Gasteiger partial charge in [0.15, 0.2) is 0 Å². The number of carbonyl (C=O) groups excluding carboxylic acids is 2. The standard InChI is InChI=1S/C24H27ClN4O4S/c25-18-4-6-19(7-5-18)27-12-14-28(15-13-27)24(31)22-2-1-11-29(22)34(32,33)20-8-9-21-17(16-20)3-10-23(30)26-21/h4-9,16,22H,1-3,10-15H2,(H,26,30)/t22-/m0/s1. The predicted octanol–water partition coefficient (Wildman–Crippen LogP) is 2.73. The molecule has 3 aliphatic rings. The molecule has 34 heavy (non-hydrogen) atoms. The van der Waals surface area contributed by atoms with E-state index in [0.29, 0.717) is 69.1 Å². The highest BCUT2D eigenvalue weighted by Gasteiger charge is 2.42. The van der Waals surface area contributed by atoms with Gasteiger partial charge in [-0.25, -0.2) is 8.42 Å². The van der Waals surface area contributed by atoms with E-state index in [1.54, 1.807) is 17.0 Å². The van der Waals surface area contributed by atoms with Crippen molar-refractivity contribution >= 4 is 44.8 Å². The number of amides is 2. The Morgan fingerprint density at radius 3 is 2.44 bits per heavy atom. The first-order chi connectivity index (χ1) is 16.3. The fraction of sp³-hybridized carbons (Fsp3) is 0.417. The Hall–Kier alpha value is -2.62. The summed E-state index contributed by atoms with van der Waals surface area (Å²) in [6.45, 7) is 2.79. The lowest BCUT2D eigenvalue weighted by Crippen LogP contribution is -2.54. The molecule has 8 nitrogen and oxygen atoms in total. The molecular formula is C24H27ClN4O4S. The Balaban J connectivity index is 1.28. The van der Waals surface area contributed by atoms with Crippen LogP contribution in [-0.2, 0) is 26.0 Å². The van der Waals surface area contributed by atoms with Gasteiger partial charge in [-0.15, -0.1) is 0 Å². The number of hydrogen-bond acceptors (Lipinski definition) is 5. The average molecular weight is 503 g/mol. The fourth-order valence-electron chi connectivity index (χ4n) is 4.98. The number of sulfonamides is 1. The Kier molecular flexibility index (Phi) is 6.26. The van der Waals surface area contributed by atoms with Crippen LogP contribution in [0, 0.1) is 0 Å². The molecule has 0 spiro atoms. The molecule has 0 aromatic heterocycles. The number of anilines is 2. The van der Waals surface area contributed by atoms with Gasteiger partial charge in [-0.05, 0) is 67.3 Å². The number of halogens is 1. The van der Waals surface area contributed by atoms with Gasteiger partial charge in [-0.2, -0.15) is 4.31 Å². The lowest BCUT2D eigenvalue weighted by Gasteiger charge is -2.38. The fourth-order valence-corrected chi connectivity index (χ4v) is 6.81. The van der Waals surface area contributed by atoms with Crippen LogP contribution in [0.1, 0.15) is 24.8 Å². The molecule has 0 saturated carbocycles. The number of nitrogens with one attached hydrogen (secondary N) is 1. The zero-order valence-electron chi connectivity index (χ0n) is 18.7. The highest BCUT2D eigenvalue weighted by atomic mass is 35.5. The van der Waals surface area contributed by atoms with Crippen LogP contribution in [-0.4, -0.2) is 68.2 Å². The molecule has 2 aromatic carbocycles. The monoisotopic (exact) mass is 502 g/mol. The second-order valence-corrected chi connectivity index (χ2v) is 11.3. The summed E-state index contributed by atoms with van der Waals surface area (Å²) in [7, 11) is -3.83. The van der Waals surface area contributed by atoms with Crippen molar-refractivity contribution in [3.05, 3.63) is 53.1 Å². The Morgan fingerprint density at radius 2 is 1.71 bits per heavy atom. The van der Waals surface area contributed by atoms with Gasteiger partial charge in [0.25, 0.3) is 0 Å². The molecule has 0 aliphatic carbocycles. The first-order valence-electron chi connectivity index (χ1n) is 11.6. The van der Waals surface area contributed by atoms with Gasteiger partial charge in [0.05, 0.1) is 4.90 Å². The minimum Gasteiger partial charge on any atom is -0.368 e. The van der Waals surface area contributed by atoms with Crippen molar-refractivity contribution < 1.29 is 18.0 Å². The SMILES string of the molecule is O=C1CCc2cc(S(=O)(=O)N3CCC[C@H]3C(=O)N3CCN(c4ccc(Cl)cc4)CC3)ccc2N1. The summed E-state index contributed by atoms with van der Waals surface area (Å²) in [4.78, 5) is 29.2. The van der Waals surface area contributed by atoms with E-state index in [9.17, 15) is 18.0 Å². The van der Waals surface area contributed by atoms with Crippen molar-refractivity contribution in [2.24, 2.45) is 0 Å². The van der Waals surface area contributed by atoms with Crippen LogP contribution in [0.4, 0.5) is 11.4 Å². The van der Waals surface area contributed by atoms with Crippen LogP contribution in [0.2, 0.25) is 5.02 Å². The van der Waals surface area contributed by atoms with Gasteiger partial charge in [-0.3, -0.25) is 9.59 Å². The van der Waals surface area contributed by atoms with Gasteiger partial charge in [0.1, 0.15) is 6.04 Å². The summed E-state index contributed by atoms with van der Waals surface area (Å²) in [5, 5.41) is 3.46. The zero-order chi connectivity index (χ0) is 23.9. The average Bonchev–Trinajstić information content (AvgIpc) is 3.35. The molecule has 2 saturated heterocycles. The van der Waals surface area contributed by atoms with Gasteiger partial charge in [0.2, 0.25) is 21.8 Å². The number of carbonyl (C=O) groups is 2. The lowest BCUT2D eigenvalue weighted by molar-refractivity contribution is -0.134. The number of piperazine rings is 1. The third kappa shape index (κ3) is 4.39. The Labute approximate surface area is 204 Å². The number of hydrogen-bond donors (Lipinski definition) is 1. The van der Waals surface area contributed by atoms with Crippen LogP contribution in [0.25, 0.3) is 0 Å². The summed E-state index contributed by atoms with van der Waals surface area (Å²) in [5.74, 6) is -0.188. The summed E-state index contributed by atoms with van der Waals surface area (Å²) in [5.41, 5.74) is 2.52. The van der Waals surface area contributed by atoms with E-state index in [1.807, 2.05) is 24.3 Å². The third-order valence-corrected chi connectivity index (χ3v) is 9.01. The first-order valence-corrected chi connectivity index (χ1v) is 13.4. The number of rotatable bonds is 4. The highest BCUT2D eigenvalue weighted by molar-refractivity contribution is 7.89. The maximum Gasteiger partial charge on any atom is 0.243 e. The molecule has 10 heteroatoms. The van der Waals surface area contributed by atoms with Crippen molar-refractivity contribution in [3.8, 4) is 0 Å². The normalized spacial score (nSPS) is 21.3. The maximum atomic E-state index is 13.5. The number of benzene rings is 2. The van der Waals surface area contributed by atoms with E-state index in [-0.39, 0.29) is 16.7 Å². The van der Waals surface area contributed by atoms with E-state index in [4.69, 9.17) is 11.6 Å². The molecular weight excluding hydrogens is 476 g/mol.